The summed E-state index contributed by atoms with van der Waals surface area (Å²) in [5.41, 5.74) is 2.94. The molecule has 1 aliphatic heterocycles. The van der Waals surface area contributed by atoms with Gasteiger partial charge in [0.25, 0.3) is 0 Å². The summed E-state index contributed by atoms with van der Waals surface area (Å²) >= 11 is 5.71. The largest absolute Gasteiger partial charge is 0.352 e. The van der Waals surface area contributed by atoms with E-state index >= 15 is 0 Å². The maximum absolute atomic E-state index is 13.4. The molecule has 1 fully saturated rings. The second-order valence-electron chi connectivity index (χ2n) is 7.40. The average Bonchev–Trinajstić information content (AvgIpc) is 3.32. The van der Waals surface area contributed by atoms with E-state index in [0.29, 0.717) is 0 Å². The number of nitrogens with zero attached hydrogens (tertiary/aromatic N) is 4. The van der Waals surface area contributed by atoms with Gasteiger partial charge in [-0.1, -0.05) is 6.07 Å². The maximum Gasteiger partial charge on any atom is 0.170 e. The Morgan fingerprint density at radius 3 is 2.59 bits per heavy atom. The molecule has 0 spiro atoms. The number of hydrogen-bond acceptors (Lipinski definition) is 3. The molecular formula is C22H24FN5S. The SMILES string of the molecule is CN(C)CCN1C(=S)NC(c2ccccn2)C1c1cccn1-c1ccc(F)cc1. The van der Waals surface area contributed by atoms with Crippen LogP contribution in [0, 0.1) is 5.82 Å². The van der Waals surface area contributed by atoms with E-state index in [2.05, 4.69) is 44.8 Å². The van der Waals surface area contributed by atoms with Crippen molar-refractivity contribution in [2.75, 3.05) is 27.2 Å². The monoisotopic (exact) mass is 409 g/mol. The first-order valence-electron chi connectivity index (χ1n) is 9.60. The molecule has 0 amide bonds. The van der Waals surface area contributed by atoms with Crippen LogP contribution in [-0.4, -0.2) is 51.6 Å². The van der Waals surface area contributed by atoms with Crippen molar-refractivity contribution in [3.8, 4) is 5.69 Å². The minimum absolute atomic E-state index is 0.0302. The summed E-state index contributed by atoms with van der Waals surface area (Å²) in [7, 11) is 4.11. The Balaban J connectivity index is 1.77. The van der Waals surface area contributed by atoms with Gasteiger partial charge in [0.15, 0.2) is 5.11 Å². The zero-order valence-corrected chi connectivity index (χ0v) is 17.3. The molecule has 3 heterocycles. The summed E-state index contributed by atoms with van der Waals surface area (Å²) in [6.45, 7) is 1.67. The van der Waals surface area contributed by atoms with Crippen molar-refractivity contribution in [3.63, 3.8) is 0 Å². The first kappa shape index (κ1) is 19.5. The Morgan fingerprint density at radius 1 is 1.10 bits per heavy atom. The normalized spacial score (nSPS) is 19.0. The molecule has 0 bridgehead atoms. The van der Waals surface area contributed by atoms with Gasteiger partial charge < -0.3 is 19.7 Å². The molecule has 2 aromatic heterocycles. The molecule has 0 radical (unpaired) electrons. The van der Waals surface area contributed by atoms with E-state index in [1.54, 1.807) is 18.3 Å². The predicted molar refractivity (Wildman–Crippen MR) is 116 cm³/mol. The van der Waals surface area contributed by atoms with E-state index in [1.165, 1.54) is 12.1 Å². The van der Waals surface area contributed by atoms with Crippen LogP contribution in [0.25, 0.3) is 5.69 Å². The first-order valence-corrected chi connectivity index (χ1v) is 10.0. The number of thiocarbonyl (C=S) groups is 1. The molecule has 1 aromatic carbocycles. The fraction of sp³-hybridized carbons (Fsp3) is 0.273. The van der Waals surface area contributed by atoms with Gasteiger partial charge in [0.1, 0.15) is 5.82 Å². The van der Waals surface area contributed by atoms with Gasteiger partial charge in [0, 0.05) is 36.9 Å². The van der Waals surface area contributed by atoms with Crippen molar-refractivity contribution in [1.29, 1.82) is 0 Å². The van der Waals surface area contributed by atoms with Crippen LogP contribution in [-0.2, 0) is 0 Å². The van der Waals surface area contributed by atoms with Gasteiger partial charge in [-0.15, -0.1) is 0 Å². The number of halogens is 1. The Bertz CT molecular complexity index is 970. The quantitative estimate of drug-likeness (QED) is 0.630. The molecule has 5 nitrogen and oxygen atoms in total. The Kier molecular flexibility index (Phi) is 5.60. The maximum atomic E-state index is 13.4. The molecule has 7 heteroatoms. The minimum Gasteiger partial charge on any atom is -0.352 e. The van der Waals surface area contributed by atoms with Crippen LogP contribution >= 0.6 is 12.2 Å². The van der Waals surface area contributed by atoms with Gasteiger partial charge in [-0.2, -0.15) is 0 Å². The Labute approximate surface area is 175 Å². The number of rotatable bonds is 6. The molecule has 1 aliphatic rings. The van der Waals surface area contributed by atoms with Gasteiger partial charge in [0.2, 0.25) is 0 Å². The lowest BCUT2D eigenvalue weighted by atomic mass is 10.0. The lowest BCUT2D eigenvalue weighted by Gasteiger charge is -2.29. The molecule has 29 heavy (non-hydrogen) atoms. The van der Waals surface area contributed by atoms with Crippen molar-refractivity contribution in [2.24, 2.45) is 0 Å². The standard InChI is InChI=1S/C22H24FN5S/c1-26(2)14-15-28-21(20(25-22(28)29)18-6-3-4-12-24-18)19-7-5-13-27(19)17-10-8-16(23)9-11-17/h3-13,20-21H,14-15H2,1-2H3,(H,25,29). The summed E-state index contributed by atoms with van der Waals surface area (Å²) in [4.78, 5) is 8.95. The fourth-order valence-electron chi connectivity index (χ4n) is 3.75. The fourth-order valence-corrected chi connectivity index (χ4v) is 4.08. The van der Waals surface area contributed by atoms with E-state index in [1.807, 2.05) is 30.5 Å². The van der Waals surface area contributed by atoms with Gasteiger partial charge in [0.05, 0.1) is 17.8 Å². The van der Waals surface area contributed by atoms with Gasteiger partial charge >= 0.3 is 0 Å². The second-order valence-corrected chi connectivity index (χ2v) is 7.79. The Hall–Kier alpha value is -2.77. The Morgan fingerprint density at radius 2 is 1.90 bits per heavy atom. The highest BCUT2D eigenvalue weighted by molar-refractivity contribution is 7.80. The van der Waals surface area contributed by atoms with Crippen LogP contribution in [0.5, 0.6) is 0 Å². The summed E-state index contributed by atoms with van der Waals surface area (Å²) < 4.78 is 15.5. The molecular weight excluding hydrogens is 385 g/mol. The summed E-state index contributed by atoms with van der Waals surface area (Å²) in [5.74, 6) is -0.245. The van der Waals surface area contributed by atoms with Crippen molar-refractivity contribution in [2.45, 2.75) is 12.1 Å². The lowest BCUT2D eigenvalue weighted by molar-refractivity contribution is 0.272. The highest BCUT2D eigenvalue weighted by Gasteiger charge is 2.41. The van der Waals surface area contributed by atoms with Crippen molar-refractivity contribution in [3.05, 3.63) is 84.2 Å². The zero-order valence-electron chi connectivity index (χ0n) is 16.5. The number of benzene rings is 1. The smallest absolute Gasteiger partial charge is 0.170 e. The molecule has 2 atom stereocenters. The van der Waals surface area contributed by atoms with Crippen molar-refractivity contribution >= 4 is 17.3 Å². The molecule has 1 saturated heterocycles. The van der Waals surface area contributed by atoms with E-state index in [-0.39, 0.29) is 17.9 Å². The first-order chi connectivity index (χ1) is 14.0. The molecule has 150 valence electrons. The van der Waals surface area contributed by atoms with Crippen LogP contribution in [0.1, 0.15) is 23.5 Å². The number of nitrogens with one attached hydrogen (secondary N) is 1. The van der Waals surface area contributed by atoms with Gasteiger partial charge in [-0.05, 0) is 74.8 Å². The third-order valence-corrected chi connectivity index (χ3v) is 5.53. The van der Waals surface area contributed by atoms with E-state index in [4.69, 9.17) is 12.2 Å². The minimum atomic E-state index is -0.245. The van der Waals surface area contributed by atoms with Crippen LogP contribution in [0.3, 0.4) is 0 Å². The van der Waals surface area contributed by atoms with Gasteiger partial charge in [-0.25, -0.2) is 4.39 Å². The number of hydrogen-bond donors (Lipinski definition) is 1. The third kappa shape index (κ3) is 4.02. The average molecular weight is 410 g/mol. The predicted octanol–water partition coefficient (Wildman–Crippen LogP) is 3.55. The van der Waals surface area contributed by atoms with Crippen LogP contribution < -0.4 is 5.32 Å². The van der Waals surface area contributed by atoms with Gasteiger partial charge in [-0.3, -0.25) is 4.98 Å². The van der Waals surface area contributed by atoms with Crippen LogP contribution in [0.15, 0.2) is 67.0 Å². The lowest BCUT2D eigenvalue weighted by Crippen LogP contribution is -2.36. The van der Waals surface area contributed by atoms with Crippen molar-refractivity contribution < 1.29 is 4.39 Å². The molecule has 3 aromatic rings. The van der Waals surface area contributed by atoms with Crippen LogP contribution in [0.2, 0.25) is 0 Å². The highest BCUT2D eigenvalue weighted by atomic mass is 32.1. The molecule has 0 saturated carbocycles. The number of pyridine rings is 1. The van der Waals surface area contributed by atoms with E-state index < -0.39 is 0 Å². The summed E-state index contributed by atoms with van der Waals surface area (Å²) in [6, 6.07) is 16.5. The van der Waals surface area contributed by atoms with Crippen molar-refractivity contribution in [1.82, 2.24) is 24.7 Å². The zero-order chi connectivity index (χ0) is 20.4. The number of aromatic nitrogens is 2. The summed E-state index contributed by atoms with van der Waals surface area (Å²) in [5, 5.41) is 4.19. The van der Waals surface area contributed by atoms with Crippen LogP contribution in [0.4, 0.5) is 4.39 Å². The molecule has 1 N–H and O–H groups in total. The van der Waals surface area contributed by atoms with E-state index in [9.17, 15) is 4.39 Å². The summed E-state index contributed by atoms with van der Waals surface area (Å²) in [6.07, 6.45) is 3.81. The highest BCUT2D eigenvalue weighted by Crippen LogP contribution is 2.39. The molecule has 2 unspecified atom stereocenters. The van der Waals surface area contributed by atoms with E-state index in [0.717, 1.165) is 35.3 Å². The topological polar surface area (TPSA) is 36.3 Å². The third-order valence-electron chi connectivity index (χ3n) is 5.17. The second kappa shape index (κ2) is 8.31. The molecule has 0 aliphatic carbocycles. The molecule has 4 rings (SSSR count). The number of likely N-dealkylation sites (N-methyl/N-ethyl adjacent to an activating group) is 1.